The van der Waals surface area contributed by atoms with E-state index in [9.17, 15) is 19.4 Å². The van der Waals surface area contributed by atoms with Crippen molar-refractivity contribution in [2.45, 2.75) is 264 Å². The Bertz CT molecular complexity index is 1200. The van der Waals surface area contributed by atoms with Gasteiger partial charge in [-0.25, -0.2) is 0 Å². The van der Waals surface area contributed by atoms with E-state index in [1.807, 2.05) is 21.1 Å². The van der Waals surface area contributed by atoms with Gasteiger partial charge < -0.3 is 28.8 Å². The Kier molecular flexibility index (Phi) is 46.4. The summed E-state index contributed by atoms with van der Waals surface area (Å²) in [6.45, 7) is 4.62. The van der Waals surface area contributed by atoms with Crippen molar-refractivity contribution in [1.82, 2.24) is 5.32 Å². The van der Waals surface area contributed by atoms with Crippen LogP contribution in [0.5, 0.6) is 0 Å². The van der Waals surface area contributed by atoms with Crippen LogP contribution in [-0.2, 0) is 18.4 Å². The average molecular weight is 935 g/mol. The monoisotopic (exact) mass is 935 g/mol. The molecule has 0 saturated heterocycles. The topological polar surface area (TPSA) is 108 Å². The number of likely N-dealkylation sites (N-methyl/N-ethyl adjacent to an activating group) is 1. The van der Waals surface area contributed by atoms with Crippen molar-refractivity contribution in [1.29, 1.82) is 0 Å². The molecule has 382 valence electrons. The lowest BCUT2D eigenvalue weighted by Gasteiger charge is -2.30. The Hall–Kier alpha value is -1.54. The maximum absolute atomic E-state index is 13.0. The molecule has 0 aromatic carbocycles. The highest BCUT2D eigenvalue weighted by atomic mass is 31.2. The van der Waals surface area contributed by atoms with Gasteiger partial charge in [-0.2, -0.15) is 0 Å². The highest BCUT2D eigenvalue weighted by molar-refractivity contribution is 7.45. The fourth-order valence-electron chi connectivity index (χ4n) is 8.03. The van der Waals surface area contributed by atoms with E-state index in [2.05, 4.69) is 67.8 Å². The maximum Gasteiger partial charge on any atom is 0.268 e. The number of carbonyl (C=O) groups is 1. The Balaban J connectivity index is 4.22. The molecule has 65 heavy (non-hydrogen) atoms. The number of aliphatic hydroxyl groups excluding tert-OH is 1. The molecule has 0 heterocycles. The highest BCUT2D eigenvalue weighted by Crippen LogP contribution is 2.38. The van der Waals surface area contributed by atoms with Crippen molar-refractivity contribution in [2.24, 2.45) is 0 Å². The normalized spacial score (nSPS) is 14.4. The predicted molar refractivity (Wildman–Crippen MR) is 279 cm³/mol. The van der Waals surface area contributed by atoms with E-state index >= 15 is 0 Å². The molecule has 0 rings (SSSR count). The predicted octanol–water partition coefficient (Wildman–Crippen LogP) is 15.7. The van der Waals surface area contributed by atoms with Crippen LogP contribution in [-0.4, -0.2) is 68.5 Å². The summed E-state index contributed by atoms with van der Waals surface area (Å²) in [5, 5.41) is 14.0. The Morgan fingerprint density at radius 2 is 0.938 bits per heavy atom. The smallest absolute Gasteiger partial charge is 0.268 e. The molecule has 0 aliphatic rings. The molecule has 0 aliphatic heterocycles. The number of amides is 1. The van der Waals surface area contributed by atoms with Gasteiger partial charge in [0.15, 0.2) is 0 Å². The van der Waals surface area contributed by atoms with Crippen LogP contribution < -0.4 is 10.2 Å². The lowest BCUT2D eigenvalue weighted by molar-refractivity contribution is -0.870. The van der Waals surface area contributed by atoms with E-state index in [0.29, 0.717) is 23.9 Å². The van der Waals surface area contributed by atoms with E-state index in [0.717, 1.165) is 70.6 Å². The second-order valence-corrected chi connectivity index (χ2v) is 21.3. The first-order valence-electron chi connectivity index (χ1n) is 27.5. The molecule has 0 aromatic heterocycles. The second kappa shape index (κ2) is 47.5. The van der Waals surface area contributed by atoms with Crippen LogP contribution in [0.2, 0.25) is 0 Å². The standard InChI is InChI=1S/C56H107N2O6P/c1-6-8-10-12-14-16-18-20-22-24-26-28-30-31-33-35-37-39-41-43-45-47-49-55(59)54(53-64-65(61,62)63-52-51-58(3,4)5)57-56(60)50-48-46-44-42-40-38-36-34-32-29-27-25-23-21-19-17-15-13-11-9-7-2/h9,11,15,17,21,23,27,29,54-55,59H,6-8,10,12-14,16,18-20,22,24-26,28,30-53H2,1-5H3,(H-,57,60,61,62)/b11-9-,17-15-,23-21-,29-27-. The van der Waals surface area contributed by atoms with Gasteiger partial charge in [-0.1, -0.05) is 242 Å². The Morgan fingerprint density at radius 3 is 1.37 bits per heavy atom. The molecule has 8 nitrogen and oxygen atoms in total. The van der Waals surface area contributed by atoms with Gasteiger partial charge in [-0.05, 0) is 51.4 Å². The van der Waals surface area contributed by atoms with Gasteiger partial charge in [0.05, 0.1) is 39.9 Å². The van der Waals surface area contributed by atoms with Gasteiger partial charge in [-0.15, -0.1) is 0 Å². The molecule has 3 unspecified atom stereocenters. The number of phosphoric acid groups is 1. The van der Waals surface area contributed by atoms with Gasteiger partial charge in [0, 0.05) is 6.42 Å². The van der Waals surface area contributed by atoms with Gasteiger partial charge in [0.25, 0.3) is 7.82 Å². The minimum absolute atomic E-state index is 0.00929. The lowest BCUT2D eigenvalue weighted by atomic mass is 10.0. The van der Waals surface area contributed by atoms with Crippen molar-refractivity contribution in [2.75, 3.05) is 40.9 Å². The summed E-state index contributed by atoms with van der Waals surface area (Å²) in [7, 11) is 1.30. The summed E-state index contributed by atoms with van der Waals surface area (Å²) in [6.07, 6.45) is 61.3. The van der Waals surface area contributed by atoms with E-state index in [1.54, 1.807) is 0 Å². The van der Waals surface area contributed by atoms with E-state index < -0.39 is 20.0 Å². The number of aliphatic hydroxyl groups is 1. The molecule has 0 saturated carbocycles. The summed E-state index contributed by atoms with van der Waals surface area (Å²) >= 11 is 0. The Morgan fingerprint density at radius 1 is 0.554 bits per heavy atom. The van der Waals surface area contributed by atoms with Crippen molar-refractivity contribution >= 4 is 13.7 Å². The maximum atomic E-state index is 13.0. The molecule has 2 N–H and O–H groups in total. The van der Waals surface area contributed by atoms with Crippen LogP contribution in [0.15, 0.2) is 48.6 Å². The van der Waals surface area contributed by atoms with Crippen LogP contribution >= 0.6 is 7.82 Å². The third kappa shape index (κ3) is 50.2. The molecular weight excluding hydrogens is 828 g/mol. The van der Waals surface area contributed by atoms with Crippen LogP contribution in [0, 0.1) is 0 Å². The summed E-state index contributed by atoms with van der Waals surface area (Å²) in [5.41, 5.74) is 0. The second-order valence-electron chi connectivity index (χ2n) is 19.9. The minimum atomic E-state index is -4.58. The SMILES string of the molecule is CC/C=C\C/C=C\C/C=C\C/C=C\CCCCCCCCCCC(=O)NC(COP(=O)([O-])OCC[N+](C)(C)C)C(O)CCCCCCCCCCCCCCCCCCCCCCCC. The molecule has 0 spiro atoms. The van der Waals surface area contributed by atoms with Gasteiger partial charge in [0.1, 0.15) is 13.2 Å². The average Bonchev–Trinajstić information content (AvgIpc) is 3.26. The van der Waals surface area contributed by atoms with E-state index in [1.165, 1.54) is 154 Å². The number of carbonyl (C=O) groups excluding carboxylic acids is 1. The molecule has 0 aliphatic carbocycles. The number of unbranched alkanes of at least 4 members (excludes halogenated alkanes) is 29. The van der Waals surface area contributed by atoms with Gasteiger partial charge in [-0.3, -0.25) is 9.36 Å². The zero-order valence-electron chi connectivity index (χ0n) is 43.4. The van der Waals surface area contributed by atoms with Crippen molar-refractivity contribution in [3.63, 3.8) is 0 Å². The molecule has 0 radical (unpaired) electrons. The molecule has 0 fully saturated rings. The number of phosphoric ester groups is 1. The molecule has 9 heteroatoms. The van der Waals surface area contributed by atoms with E-state index in [-0.39, 0.29) is 19.1 Å². The van der Waals surface area contributed by atoms with Crippen molar-refractivity contribution in [3.8, 4) is 0 Å². The molecule has 0 bridgehead atoms. The third-order valence-corrected chi connectivity index (χ3v) is 13.3. The number of nitrogens with one attached hydrogen (secondary N) is 1. The zero-order valence-corrected chi connectivity index (χ0v) is 44.3. The fourth-order valence-corrected chi connectivity index (χ4v) is 8.76. The van der Waals surface area contributed by atoms with E-state index in [4.69, 9.17) is 9.05 Å². The first-order chi connectivity index (χ1) is 31.5. The molecule has 3 atom stereocenters. The van der Waals surface area contributed by atoms with Crippen LogP contribution in [0.25, 0.3) is 0 Å². The van der Waals surface area contributed by atoms with Crippen molar-refractivity contribution in [3.05, 3.63) is 48.6 Å². The van der Waals surface area contributed by atoms with Crippen LogP contribution in [0.4, 0.5) is 0 Å². The number of hydrogen-bond acceptors (Lipinski definition) is 6. The molecule has 1 amide bonds. The highest BCUT2D eigenvalue weighted by Gasteiger charge is 2.24. The first-order valence-corrected chi connectivity index (χ1v) is 28.9. The number of hydrogen-bond donors (Lipinski definition) is 2. The van der Waals surface area contributed by atoms with Crippen LogP contribution in [0.3, 0.4) is 0 Å². The number of quaternary nitrogens is 1. The minimum Gasteiger partial charge on any atom is -0.756 e. The summed E-state index contributed by atoms with van der Waals surface area (Å²) in [5.74, 6) is -0.172. The number of rotatable bonds is 50. The fraction of sp³-hybridized carbons (Fsp3) is 0.839. The lowest BCUT2D eigenvalue weighted by Crippen LogP contribution is -2.46. The molecular formula is C56H107N2O6P. The third-order valence-electron chi connectivity index (χ3n) is 12.3. The van der Waals surface area contributed by atoms with Crippen LogP contribution in [0.1, 0.15) is 251 Å². The summed E-state index contributed by atoms with van der Waals surface area (Å²) in [6, 6.07) is -0.807. The summed E-state index contributed by atoms with van der Waals surface area (Å²) in [4.78, 5) is 25.5. The van der Waals surface area contributed by atoms with Crippen molar-refractivity contribution < 1.29 is 32.9 Å². The first kappa shape index (κ1) is 63.5. The largest absolute Gasteiger partial charge is 0.756 e. The van der Waals surface area contributed by atoms with Gasteiger partial charge >= 0.3 is 0 Å². The Labute approximate surface area is 403 Å². The quantitative estimate of drug-likeness (QED) is 0.0272. The van der Waals surface area contributed by atoms with Gasteiger partial charge in [0.2, 0.25) is 5.91 Å². The molecule has 0 aromatic rings. The summed E-state index contributed by atoms with van der Waals surface area (Å²) < 4.78 is 23.4. The zero-order chi connectivity index (χ0) is 47.8. The number of nitrogens with zero attached hydrogens (tertiary/aromatic N) is 1. The number of allylic oxidation sites excluding steroid dienone is 8.